The highest BCUT2D eigenvalue weighted by Gasteiger charge is 2.57. The van der Waals surface area contributed by atoms with Gasteiger partial charge in [-0.25, -0.2) is 0 Å². The van der Waals surface area contributed by atoms with Gasteiger partial charge < -0.3 is 62.9 Å². The molecule has 0 saturated carbocycles. The number of aliphatic hydroxyl groups excluding tert-OH is 1. The predicted octanol–water partition coefficient (Wildman–Crippen LogP) is 8.05. The first kappa shape index (κ1) is 46.9. The van der Waals surface area contributed by atoms with E-state index < -0.39 is 66.8 Å². The number of phenolic OH excluding ortho intramolecular Hbond substituents is 1. The second kappa shape index (κ2) is 22.7. The number of methoxy groups -OCH3 is 2. The van der Waals surface area contributed by atoms with Crippen LogP contribution in [0, 0.1) is 11.8 Å². The van der Waals surface area contributed by atoms with E-state index in [0.717, 1.165) is 32.1 Å². The van der Waals surface area contributed by atoms with Gasteiger partial charge in [0, 0.05) is 18.4 Å². The Labute approximate surface area is 376 Å². The average molecular weight is 896 g/mol. The molecular formula is C48H65NO13S. The number of phenols is 1. The molecule has 63 heavy (non-hydrogen) atoms. The lowest BCUT2D eigenvalue weighted by atomic mass is 9.66. The molecule has 0 amide bonds. The highest BCUT2D eigenvalue weighted by atomic mass is 32.1. The van der Waals surface area contributed by atoms with Gasteiger partial charge in [0.2, 0.25) is 12.5 Å². The van der Waals surface area contributed by atoms with E-state index in [1.807, 2.05) is 12.1 Å². The highest BCUT2D eigenvalue weighted by Crippen LogP contribution is 2.57. The standard InChI is InChI=1S/C48H65NO13S/c1-5-6-7-8-9-10-11-12-13-14-15-16-17-18-19-20-21-49-48(63)62-45-42(51)47(60-38-27-55-29(2)59-44(38)45)61-43-32-25-35-34(57-28-58-35)24-31(32)39(40-33(43)26-56-46(40)52)30-22-36(53-3)41(50)37(23-30)54-4/h9-10,12-13,22-25,29,33,38-40,42-45,47,50-51H,5-8,11,14-21,26-28H2,1-4H3,(H,49,63)/b10-9-,13-12-/t29-,33+,38-,39-,40+,42-,43-,44-,45-,47+/m1/s1. The molecule has 3 N–H and O–H groups in total. The van der Waals surface area contributed by atoms with Gasteiger partial charge in [0.15, 0.2) is 41.7 Å². The van der Waals surface area contributed by atoms with Crippen LogP contribution in [0.2, 0.25) is 0 Å². The lowest BCUT2D eigenvalue weighted by molar-refractivity contribution is -0.362. The fourth-order valence-corrected chi connectivity index (χ4v) is 9.54. The summed E-state index contributed by atoms with van der Waals surface area (Å²) in [7, 11) is 2.90. The Morgan fingerprint density at radius 3 is 2.22 bits per heavy atom. The summed E-state index contributed by atoms with van der Waals surface area (Å²) < 4.78 is 59.9. The highest BCUT2D eigenvalue weighted by molar-refractivity contribution is 7.80. The number of esters is 1. The summed E-state index contributed by atoms with van der Waals surface area (Å²) in [5, 5.41) is 26.2. The number of thiocarbonyl (C=S) groups is 1. The summed E-state index contributed by atoms with van der Waals surface area (Å²) in [6.45, 7) is 4.89. The molecule has 3 fully saturated rings. The zero-order valence-electron chi connectivity index (χ0n) is 37.0. The lowest BCUT2D eigenvalue weighted by Crippen LogP contribution is -2.64. The topological polar surface area (TPSA) is 162 Å². The number of nitrogens with one attached hydrogen (secondary N) is 1. The maximum Gasteiger partial charge on any atom is 0.310 e. The van der Waals surface area contributed by atoms with Crippen molar-refractivity contribution in [1.29, 1.82) is 0 Å². The summed E-state index contributed by atoms with van der Waals surface area (Å²) in [5.41, 5.74) is 2.06. The van der Waals surface area contributed by atoms with Crippen LogP contribution in [0.5, 0.6) is 28.7 Å². The van der Waals surface area contributed by atoms with Gasteiger partial charge in [-0.3, -0.25) is 4.79 Å². The Kier molecular flexibility index (Phi) is 16.9. The normalized spacial score (nSPS) is 28.4. The van der Waals surface area contributed by atoms with Crippen molar-refractivity contribution in [1.82, 2.24) is 5.32 Å². The Morgan fingerprint density at radius 2 is 1.52 bits per heavy atom. The van der Waals surface area contributed by atoms with Crippen molar-refractivity contribution in [2.75, 3.05) is 40.8 Å². The van der Waals surface area contributed by atoms with E-state index in [0.29, 0.717) is 34.7 Å². The van der Waals surface area contributed by atoms with Gasteiger partial charge in [-0.2, -0.15) is 0 Å². The fourth-order valence-electron chi connectivity index (χ4n) is 9.32. The van der Waals surface area contributed by atoms with Crippen LogP contribution >= 0.6 is 12.2 Å². The van der Waals surface area contributed by atoms with E-state index in [-0.39, 0.29) is 42.4 Å². The van der Waals surface area contributed by atoms with Crippen LogP contribution in [0.3, 0.4) is 0 Å². The lowest BCUT2D eigenvalue weighted by Gasteiger charge is -2.48. The molecule has 346 valence electrons. The molecule has 0 aromatic heterocycles. The molecule has 15 heteroatoms. The molecule has 0 radical (unpaired) electrons. The van der Waals surface area contributed by atoms with Crippen LogP contribution in [0.4, 0.5) is 0 Å². The van der Waals surface area contributed by atoms with Crippen LogP contribution in [0.15, 0.2) is 48.6 Å². The third kappa shape index (κ3) is 11.2. The molecular weight excluding hydrogens is 831 g/mol. The third-order valence-electron chi connectivity index (χ3n) is 12.6. The molecule has 3 saturated heterocycles. The summed E-state index contributed by atoms with van der Waals surface area (Å²) in [6, 6.07) is 7.07. The van der Waals surface area contributed by atoms with Crippen LogP contribution in [0.25, 0.3) is 0 Å². The monoisotopic (exact) mass is 895 g/mol. The molecule has 4 aliphatic heterocycles. The van der Waals surface area contributed by atoms with E-state index in [4.69, 9.17) is 59.6 Å². The number of hydrogen-bond donors (Lipinski definition) is 3. The van der Waals surface area contributed by atoms with E-state index in [9.17, 15) is 15.0 Å². The quantitative estimate of drug-likeness (QED) is 0.0477. The van der Waals surface area contributed by atoms with E-state index >= 15 is 0 Å². The second-order valence-electron chi connectivity index (χ2n) is 16.9. The van der Waals surface area contributed by atoms with Crippen molar-refractivity contribution >= 4 is 23.4 Å². The van der Waals surface area contributed by atoms with Gasteiger partial charge in [-0.1, -0.05) is 69.8 Å². The van der Waals surface area contributed by atoms with E-state index in [1.54, 1.807) is 19.1 Å². The van der Waals surface area contributed by atoms with Crippen LogP contribution in [0.1, 0.15) is 120 Å². The molecule has 10 atom stereocenters. The SMILES string of the molecule is CCCCC/C=C\C/C=C\CCCCCCCCNC(=S)O[C@@H]1[C@@H](O)[C@H](O[C@@H]2c3cc4c(cc3[C@@H](c3cc(OC)c(O)c(OC)c3)[C@H]3C(=O)OC[C@@H]32)OCO4)O[C@@H]2CO[C@@H](C)O[C@@H]12. The Balaban J connectivity index is 0.981. The molecule has 7 rings (SSSR count). The van der Waals surface area contributed by atoms with E-state index in [1.165, 1.54) is 59.2 Å². The zero-order chi connectivity index (χ0) is 44.3. The number of ether oxygens (including phenoxy) is 10. The molecule has 2 aromatic carbocycles. The van der Waals surface area contributed by atoms with Gasteiger partial charge in [-0.05, 0) is 98.6 Å². The van der Waals surface area contributed by atoms with E-state index in [2.05, 4.69) is 36.5 Å². The first-order valence-electron chi connectivity index (χ1n) is 22.8. The number of carbonyl (C=O) groups is 1. The maximum absolute atomic E-state index is 13.8. The minimum absolute atomic E-state index is 0.0268. The number of aliphatic hydroxyl groups is 1. The van der Waals surface area contributed by atoms with Crippen molar-refractivity contribution in [3.05, 3.63) is 65.3 Å². The van der Waals surface area contributed by atoms with Crippen LogP contribution < -0.4 is 24.3 Å². The molecule has 0 bridgehead atoms. The van der Waals surface area contributed by atoms with Gasteiger partial charge in [0.25, 0.3) is 5.17 Å². The number of rotatable bonds is 21. The minimum atomic E-state index is -1.35. The number of hydrogen-bond acceptors (Lipinski definition) is 14. The number of cyclic esters (lactones) is 1. The Morgan fingerprint density at radius 1 is 0.857 bits per heavy atom. The van der Waals surface area contributed by atoms with Crippen molar-refractivity contribution in [3.63, 3.8) is 0 Å². The van der Waals surface area contributed by atoms with Crippen molar-refractivity contribution in [2.24, 2.45) is 11.8 Å². The predicted molar refractivity (Wildman–Crippen MR) is 237 cm³/mol. The van der Waals surface area contributed by atoms with Crippen molar-refractivity contribution in [3.8, 4) is 28.7 Å². The summed E-state index contributed by atoms with van der Waals surface area (Å²) >= 11 is 5.66. The second-order valence-corrected chi connectivity index (χ2v) is 17.2. The molecule has 14 nitrogen and oxygen atoms in total. The third-order valence-corrected chi connectivity index (χ3v) is 12.9. The molecule has 0 unspecified atom stereocenters. The number of allylic oxidation sites excluding steroid dienone is 4. The van der Waals surface area contributed by atoms with Gasteiger partial charge in [-0.15, -0.1) is 0 Å². The first-order chi connectivity index (χ1) is 30.7. The Hall–Kier alpha value is -4.12. The van der Waals surface area contributed by atoms with Crippen molar-refractivity contribution < 1.29 is 62.4 Å². The first-order valence-corrected chi connectivity index (χ1v) is 23.2. The van der Waals surface area contributed by atoms with Crippen LogP contribution in [-0.4, -0.2) is 99.1 Å². The number of carbonyl (C=O) groups excluding carboxylic acids is 1. The van der Waals surface area contributed by atoms with Gasteiger partial charge in [0.1, 0.15) is 18.3 Å². The fraction of sp³-hybridized carbons (Fsp3) is 0.625. The largest absolute Gasteiger partial charge is 0.502 e. The molecule has 4 heterocycles. The molecule has 2 aromatic rings. The number of benzene rings is 2. The average Bonchev–Trinajstić information content (AvgIpc) is 3.91. The van der Waals surface area contributed by atoms with Gasteiger partial charge >= 0.3 is 5.97 Å². The number of fused-ring (bicyclic) bond motifs is 4. The molecule has 5 aliphatic rings. The summed E-state index contributed by atoms with van der Waals surface area (Å²) in [5.74, 6) is -1.02. The number of unbranched alkanes of at least 4 members (excludes halogenated alkanes) is 9. The summed E-state index contributed by atoms with van der Waals surface area (Å²) in [6.07, 6.45) is 16.8. The van der Waals surface area contributed by atoms with Gasteiger partial charge in [0.05, 0.1) is 39.5 Å². The number of aromatic hydroxyl groups is 1. The minimum Gasteiger partial charge on any atom is -0.502 e. The molecule has 1 aliphatic carbocycles. The smallest absolute Gasteiger partial charge is 0.310 e. The molecule has 0 spiro atoms. The maximum atomic E-state index is 13.8. The zero-order valence-corrected chi connectivity index (χ0v) is 37.8. The summed E-state index contributed by atoms with van der Waals surface area (Å²) in [4.78, 5) is 13.8. The van der Waals surface area contributed by atoms with Crippen molar-refractivity contribution in [2.45, 2.75) is 140 Å². The Bertz CT molecular complexity index is 1880. The van der Waals surface area contributed by atoms with Crippen LogP contribution in [-0.2, 0) is 33.2 Å².